The van der Waals surface area contributed by atoms with Crippen molar-refractivity contribution >= 4 is 50.7 Å². The molecule has 42 heavy (non-hydrogen) atoms. The number of fused-ring (bicyclic) bond motifs is 1. The molecule has 214 valence electrons. The van der Waals surface area contributed by atoms with E-state index in [0.717, 1.165) is 32.0 Å². The van der Waals surface area contributed by atoms with Crippen LogP contribution in [0.4, 0.5) is 19.3 Å². The summed E-state index contributed by atoms with van der Waals surface area (Å²) in [6.45, 7) is 3.26. The van der Waals surface area contributed by atoms with Crippen molar-refractivity contribution in [2.75, 3.05) is 31.1 Å². The predicted octanol–water partition coefficient (Wildman–Crippen LogP) is 6.01. The van der Waals surface area contributed by atoms with Crippen LogP contribution in [0, 0.1) is 11.6 Å². The second-order valence-corrected chi connectivity index (χ2v) is 11.1. The lowest BCUT2D eigenvalue weighted by Gasteiger charge is -2.24. The molecule has 4 amide bonds. The molecule has 1 fully saturated rings. The van der Waals surface area contributed by atoms with Crippen molar-refractivity contribution in [2.45, 2.75) is 19.8 Å². The maximum atomic E-state index is 15.1. The molecule has 11 heteroatoms. The van der Waals surface area contributed by atoms with Gasteiger partial charge >= 0.3 is 6.03 Å². The van der Waals surface area contributed by atoms with Gasteiger partial charge in [0, 0.05) is 55.9 Å². The number of nitrogens with zero attached hydrogens (tertiary/aromatic N) is 4. The van der Waals surface area contributed by atoms with Gasteiger partial charge in [-0.25, -0.2) is 13.6 Å². The van der Waals surface area contributed by atoms with Gasteiger partial charge in [-0.2, -0.15) is 0 Å². The first kappa shape index (κ1) is 27.5. The highest BCUT2D eigenvalue weighted by Crippen LogP contribution is 2.39. The van der Waals surface area contributed by atoms with E-state index < -0.39 is 23.6 Å². The van der Waals surface area contributed by atoms with Crippen LogP contribution in [0.25, 0.3) is 15.8 Å². The smallest absolute Gasteiger partial charge is 0.331 e. The van der Waals surface area contributed by atoms with Crippen molar-refractivity contribution in [1.29, 1.82) is 0 Å². The zero-order valence-electron chi connectivity index (χ0n) is 22.7. The third-order valence-electron chi connectivity index (χ3n) is 7.37. The van der Waals surface area contributed by atoms with E-state index in [-0.39, 0.29) is 31.2 Å². The highest BCUT2D eigenvalue weighted by atomic mass is 32.1. The summed E-state index contributed by atoms with van der Waals surface area (Å²) < 4.78 is 35.1. The Labute approximate surface area is 244 Å². The summed E-state index contributed by atoms with van der Waals surface area (Å²) in [6, 6.07) is 12.9. The number of halogens is 2. The molecule has 8 nitrogen and oxygen atoms in total. The third-order valence-corrected chi connectivity index (χ3v) is 8.58. The number of carbonyl (C=O) groups is 3. The average Bonchev–Trinajstić information content (AvgIpc) is 3.59. The molecule has 0 bridgehead atoms. The highest BCUT2D eigenvalue weighted by Gasteiger charge is 2.34. The molecule has 0 unspecified atom stereocenters. The van der Waals surface area contributed by atoms with E-state index >= 15 is 4.39 Å². The van der Waals surface area contributed by atoms with Crippen LogP contribution < -0.4 is 9.64 Å². The minimum Gasteiger partial charge on any atom is -0.453 e. The fourth-order valence-corrected chi connectivity index (χ4v) is 6.22. The summed E-state index contributed by atoms with van der Waals surface area (Å²) in [4.78, 5) is 47.2. The SMILES string of the molecule is CC(=O)N1CC=C(c2cc3nccc(Oc4ccc(CC(=O)N5CCN(c6ccc(F)cc6)C5=O)cc4F)c3s2)CC1. The van der Waals surface area contributed by atoms with Gasteiger partial charge in [0.25, 0.3) is 0 Å². The number of benzene rings is 2. The van der Waals surface area contributed by atoms with E-state index in [4.69, 9.17) is 4.74 Å². The monoisotopic (exact) mass is 588 g/mol. The van der Waals surface area contributed by atoms with Crippen molar-refractivity contribution < 1.29 is 27.9 Å². The zero-order chi connectivity index (χ0) is 29.4. The Kier molecular flexibility index (Phi) is 7.42. The van der Waals surface area contributed by atoms with Crippen LogP contribution in [0.3, 0.4) is 0 Å². The van der Waals surface area contributed by atoms with Gasteiger partial charge in [0.05, 0.1) is 16.6 Å². The van der Waals surface area contributed by atoms with Gasteiger partial charge in [-0.05, 0) is 60.0 Å². The number of rotatable bonds is 6. The van der Waals surface area contributed by atoms with Crippen molar-refractivity contribution in [2.24, 2.45) is 0 Å². The van der Waals surface area contributed by atoms with Gasteiger partial charge in [0.15, 0.2) is 11.6 Å². The normalized spacial score (nSPS) is 15.4. The summed E-state index contributed by atoms with van der Waals surface area (Å²) in [7, 11) is 0. The van der Waals surface area contributed by atoms with Crippen LogP contribution in [0.2, 0.25) is 0 Å². The number of pyridine rings is 1. The van der Waals surface area contributed by atoms with Crippen LogP contribution in [0.1, 0.15) is 23.8 Å². The van der Waals surface area contributed by atoms with Crippen LogP contribution >= 0.6 is 11.3 Å². The Morgan fingerprint density at radius 1 is 1.00 bits per heavy atom. The molecule has 2 aliphatic heterocycles. The minimum atomic E-state index is -0.637. The molecule has 0 N–H and O–H groups in total. The second-order valence-electron chi connectivity index (χ2n) is 10.1. The van der Waals surface area contributed by atoms with Crippen molar-refractivity contribution in [3.8, 4) is 11.5 Å². The van der Waals surface area contributed by atoms with Gasteiger partial charge in [-0.1, -0.05) is 12.1 Å². The number of hydrogen-bond donors (Lipinski definition) is 0. The summed E-state index contributed by atoms with van der Waals surface area (Å²) in [6.07, 6.45) is 4.23. The molecule has 0 saturated carbocycles. The number of urea groups is 1. The average molecular weight is 589 g/mol. The van der Waals surface area contributed by atoms with Gasteiger partial charge in [0.1, 0.15) is 11.6 Å². The minimum absolute atomic E-state index is 0.00219. The summed E-state index contributed by atoms with van der Waals surface area (Å²) in [5.41, 5.74) is 2.77. The zero-order valence-corrected chi connectivity index (χ0v) is 23.5. The van der Waals surface area contributed by atoms with Crippen LogP contribution in [-0.4, -0.2) is 58.8 Å². The first-order valence-electron chi connectivity index (χ1n) is 13.4. The lowest BCUT2D eigenvalue weighted by Crippen LogP contribution is -2.37. The second kappa shape index (κ2) is 11.3. The van der Waals surface area contributed by atoms with E-state index in [1.165, 1.54) is 52.6 Å². The lowest BCUT2D eigenvalue weighted by molar-refractivity contribution is -0.128. The summed E-state index contributed by atoms with van der Waals surface area (Å²) in [5.74, 6) is -0.993. The molecule has 0 atom stereocenters. The molecule has 0 spiro atoms. The van der Waals surface area contributed by atoms with Crippen LogP contribution in [0.5, 0.6) is 11.5 Å². The lowest BCUT2D eigenvalue weighted by atomic mass is 10.1. The van der Waals surface area contributed by atoms with Gasteiger partial charge in [-0.3, -0.25) is 24.4 Å². The van der Waals surface area contributed by atoms with Crippen molar-refractivity contribution in [3.63, 3.8) is 0 Å². The summed E-state index contributed by atoms with van der Waals surface area (Å²) >= 11 is 1.50. The molecule has 1 saturated heterocycles. The summed E-state index contributed by atoms with van der Waals surface area (Å²) in [5, 5.41) is 0. The first-order chi connectivity index (χ1) is 20.3. The third kappa shape index (κ3) is 5.47. The highest BCUT2D eigenvalue weighted by molar-refractivity contribution is 7.20. The molecule has 2 aliphatic rings. The molecular weight excluding hydrogens is 562 g/mol. The maximum absolute atomic E-state index is 15.1. The number of thiophene rings is 1. The molecule has 4 heterocycles. The van der Waals surface area contributed by atoms with E-state index in [9.17, 15) is 18.8 Å². The molecule has 0 radical (unpaired) electrons. The van der Waals surface area contributed by atoms with Crippen LogP contribution in [-0.2, 0) is 16.0 Å². The topological polar surface area (TPSA) is 83.1 Å². The number of imide groups is 1. The number of hydrogen-bond acceptors (Lipinski definition) is 6. The molecule has 0 aliphatic carbocycles. The van der Waals surface area contributed by atoms with E-state index in [2.05, 4.69) is 4.98 Å². The first-order valence-corrected chi connectivity index (χ1v) is 14.3. The van der Waals surface area contributed by atoms with Crippen molar-refractivity contribution in [1.82, 2.24) is 14.8 Å². The molecule has 4 aromatic rings. The van der Waals surface area contributed by atoms with E-state index in [1.54, 1.807) is 30.2 Å². The molecule has 2 aromatic carbocycles. The number of amides is 4. The number of carbonyl (C=O) groups excluding carboxylic acids is 3. The number of ether oxygens (including phenoxy) is 1. The Morgan fingerprint density at radius 3 is 2.52 bits per heavy atom. The van der Waals surface area contributed by atoms with E-state index in [1.807, 2.05) is 12.1 Å². The molecular formula is C31H26F2N4O4S. The van der Waals surface area contributed by atoms with Gasteiger partial charge in [0.2, 0.25) is 11.8 Å². The fraction of sp³-hybridized carbons (Fsp3) is 0.226. The van der Waals surface area contributed by atoms with Crippen LogP contribution in [0.15, 0.2) is 66.9 Å². The van der Waals surface area contributed by atoms with Gasteiger partial charge < -0.3 is 9.64 Å². The quantitative estimate of drug-likeness (QED) is 0.275. The Hall–Kier alpha value is -4.64. The maximum Gasteiger partial charge on any atom is 0.331 e. The Balaban J connectivity index is 1.14. The van der Waals surface area contributed by atoms with E-state index in [0.29, 0.717) is 30.1 Å². The Morgan fingerprint density at radius 2 is 1.81 bits per heavy atom. The van der Waals surface area contributed by atoms with Crippen molar-refractivity contribution in [3.05, 3.63) is 88.9 Å². The standard InChI is InChI=1S/C31H26F2N4O4S/c1-19(38)35-12-9-21(10-13-35)28-18-25-30(42-28)27(8-11-34-25)41-26-7-2-20(16-24(26)33)17-29(39)37-15-14-36(31(37)40)23-5-3-22(32)4-6-23/h2-9,11,16,18H,10,12-15,17H2,1H3. The molecule has 2 aromatic heterocycles. The fourth-order valence-electron chi connectivity index (χ4n) is 5.09. The molecule has 6 rings (SSSR count). The Bertz CT molecular complexity index is 1740. The number of aromatic nitrogens is 1. The number of anilines is 1. The largest absolute Gasteiger partial charge is 0.453 e. The predicted molar refractivity (Wildman–Crippen MR) is 156 cm³/mol. The van der Waals surface area contributed by atoms with Gasteiger partial charge in [-0.15, -0.1) is 11.3 Å².